The van der Waals surface area contributed by atoms with Gasteiger partial charge in [0.1, 0.15) is 6.71 Å². The zero-order chi connectivity index (χ0) is 13.4. The molecule has 0 aliphatic carbocycles. The van der Waals surface area contributed by atoms with Gasteiger partial charge in [0, 0.05) is 69.9 Å². The van der Waals surface area contributed by atoms with Crippen LogP contribution in [0.25, 0.3) is 0 Å². The van der Waals surface area contributed by atoms with Crippen molar-refractivity contribution >= 4 is 57.4 Å². The van der Waals surface area contributed by atoms with Gasteiger partial charge in [-0.3, -0.25) is 0 Å². The van der Waals surface area contributed by atoms with Crippen LogP contribution in [0.3, 0.4) is 0 Å². The quantitative estimate of drug-likeness (QED) is 0.234. The molecule has 16 heavy (non-hydrogen) atoms. The molecule has 1 radical (unpaired) electrons. The van der Waals surface area contributed by atoms with E-state index in [9.17, 15) is 0 Å². The summed E-state index contributed by atoms with van der Waals surface area (Å²) in [5.74, 6) is 0. The minimum atomic E-state index is 0. The van der Waals surface area contributed by atoms with Gasteiger partial charge in [-0.05, 0) is 13.4 Å². The summed E-state index contributed by atoms with van der Waals surface area (Å²) >= 11 is 4.24. The van der Waals surface area contributed by atoms with E-state index in [2.05, 4.69) is 98.7 Å². The predicted octanol–water partition coefficient (Wildman–Crippen LogP) is 5.76. The van der Waals surface area contributed by atoms with Gasteiger partial charge in [0.05, 0.1) is 0 Å². The molecule has 0 atom stereocenters. The third-order valence-corrected chi connectivity index (χ3v) is 0.816. The molecule has 6 heteroatoms. The maximum atomic E-state index is 3.64. The van der Waals surface area contributed by atoms with E-state index < -0.39 is 0 Å². The van der Waals surface area contributed by atoms with Crippen molar-refractivity contribution < 1.29 is 32.7 Å². The number of hydrogen-bond acceptors (Lipinski definition) is 0. The molecular weight excluding hydrogens is 495 g/mol. The Morgan fingerprint density at radius 2 is 0.875 bits per heavy atom. The minimum absolute atomic E-state index is 0. The average molecular weight is 522 g/mol. The van der Waals surface area contributed by atoms with E-state index in [0.717, 1.165) is 6.71 Å². The molecule has 0 rings (SSSR count). The van der Waals surface area contributed by atoms with E-state index in [-0.39, 0.29) is 32.7 Å². The van der Waals surface area contributed by atoms with Crippen LogP contribution >= 0.6 is 37.2 Å². The van der Waals surface area contributed by atoms with Crippen molar-refractivity contribution in [1.29, 1.82) is 0 Å². The Balaban J connectivity index is -0.0000000343. The normalized spacial score (nSPS) is 6.19. The molecule has 0 aromatic rings. The Bertz CT molecular complexity index is 73.0. The fraction of sp³-hybridized carbons (Fsp3) is 0.800. The maximum absolute atomic E-state index is 3.64. The Labute approximate surface area is 155 Å². The van der Waals surface area contributed by atoms with Gasteiger partial charge in [0.25, 0.3) is 0 Å². The molecule has 0 saturated carbocycles. The van der Waals surface area contributed by atoms with E-state index in [1.165, 1.54) is 6.32 Å². The van der Waals surface area contributed by atoms with Gasteiger partial charge >= 0.3 is 0 Å². The van der Waals surface area contributed by atoms with Crippen LogP contribution in [-0.4, -0.2) is 20.1 Å². The zero-order valence-electron chi connectivity index (χ0n) is 12.2. The molecule has 0 aromatic heterocycles. The fourth-order valence-electron chi connectivity index (χ4n) is 0. The van der Waals surface area contributed by atoms with Crippen LogP contribution in [0.15, 0.2) is 0 Å². The SMILES string of the molecule is CCB(C)C.II.[CH2-]B(C)C.[CH2-]B(C)C.[Y]. The molecule has 0 spiro atoms. The summed E-state index contributed by atoms with van der Waals surface area (Å²) in [6, 6.07) is 0. The standard InChI is InChI=1S/C4H11B.2C3H8B.I2.Y/c1-4-5(2)3;2*1-4(2)3;1-2;/h4H2,1-3H3;2*1H2,2-3H3;;/q;2*-1;;. The van der Waals surface area contributed by atoms with Crippen molar-refractivity contribution in [3.8, 4) is 0 Å². The second-order valence-electron chi connectivity index (χ2n) is 4.59. The predicted molar refractivity (Wildman–Crippen MR) is 102 cm³/mol. The van der Waals surface area contributed by atoms with Gasteiger partial charge in [-0.1, -0.05) is 26.9 Å². The Kier molecular flexibility index (Phi) is 59.8. The molecule has 0 aliphatic rings. The first kappa shape index (κ1) is 31.3. The molecule has 0 fully saturated rings. The summed E-state index contributed by atoms with van der Waals surface area (Å²) in [7, 11) is 0. The smallest absolute Gasteiger partial charge is 0.133 e. The maximum Gasteiger partial charge on any atom is 0.133 e. The van der Waals surface area contributed by atoms with E-state index in [0.29, 0.717) is 13.4 Å². The van der Waals surface area contributed by atoms with E-state index in [1.807, 2.05) is 0 Å². The van der Waals surface area contributed by atoms with Crippen LogP contribution in [0.1, 0.15) is 6.92 Å². The Morgan fingerprint density at radius 1 is 0.812 bits per heavy atom. The molecule has 0 aromatic carbocycles. The van der Waals surface area contributed by atoms with Gasteiger partial charge in [-0.2, -0.15) is 0 Å². The second-order valence-corrected chi connectivity index (χ2v) is 4.59. The summed E-state index contributed by atoms with van der Waals surface area (Å²) in [6.07, 6.45) is 1.31. The van der Waals surface area contributed by atoms with Crippen molar-refractivity contribution in [2.45, 2.75) is 54.2 Å². The average Bonchev–Trinajstić information content (AvgIpc) is 2.06. The summed E-state index contributed by atoms with van der Waals surface area (Å²) in [4.78, 5) is 0. The van der Waals surface area contributed by atoms with E-state index in [4.69, 9.17) is 0 Å². The first-order valence-corrected chi connectivity index (χ1v) is 11.8. The van der Waals surface area contributed by atoms with Crippen LogP contribution in [0.4, 0.5) is 0 Å². The molecule has 0 aliphatic heterocycles. The largest absolute Gasteiger partial charge is 0.365 e. The first-order chi connectivity index (χ1) is 6.73. The third kappa shape index (κ3) is 184. The van der Waals surface area contributed by atoms with E-state index >= 15 is 0 Å². The van der Waals surface area contributed by atoms with Gasteiger partial charge < -0.3 is 13.6 Å². The Morgan fingerprint density at radius 3 is 0.875 bits per heavy atom. The van der Waals surface area contributed by atoms with Crippen molar-refractivity contribution in [1.82, 2.24) is 0 Å². The molecule has 95 valence electrons. The molecule has 0 amide bonds. The van der Waals surface area contributed by atoms with Gasteiger partial charge in [-0.25, -0.2) is 0 Å². The minimum Gasteiger partial charge on any atom is -0.365 e. The second kappa shape index (κ2) is 30.6. The number of hydrogen-bond donors (Lipinski definition) is 0. The number of rotatable bonds is 1. The molecule has 0 nitrogen and oxygen atoms in total. The summed E-state index contributed by atoms with van der Waals surface area (Å²) in [5.41, 5.74) is 0. The van der Waals surface area contributed by atoms with Crippen LogP contribution < -0.4 is 0 Å². The van der Waals surface area contributed by atoms with Crippen molar-refractivity contribution in [3.05, 3.63) is 13.6 Å². The zero-order valence-corrected chi connectivity index (χ0v) is 19.3. The van der Waals surface area contributed by atoms with Crippen molar-refractivity contribution in [2.24, 2.45) is 0 Å². The van der Waals surface area contributed by atoms with Crippen LogP contribution in [-0.2, 0) is 32.7 Å². The summed E-state index contributed by atoms with van der Waals surface area (Å²) < 4.78 is 0. The number of halogens is 2. The monoisotopic (exact) mass is 523 g/mol. The van der Waals surface area contributed by atoms with Gasteiger partial charge in [-0.15, -0.1) is 27.3 Å². The molecule has 0 heterocycles. The molecule has 0 saturated heterocycles. The van der Waals surface area contributed by atoms with Crippen molar-refractivity contribution in [2.75, 3.05) is 0 Å². The molecular formula is C10H27B3I2Y-2. The Hall–Kier alpha value is 2.76. The van der Waals surface area contributed by atoms with Gasteiger partial charge in [0.2, 0.25) is 0 Å². The third-order valence-electron chi connectivity index (χ3n) is 0.816. The van der Waals surface area contributed by atoms with Gasteiger partial charge in [0.15, 0.2) is 0 Å². The van der Waals surface area contributed by atoms with E-state index in [1.54, 1.807) is 0 Å². The summed E-state index contributed by atoms with van der Waals surface area (Å²) in [5, 5.41) is 0. The van der Waals surface area contributed by atoms with Crippen LogP contribution in [0.2, 0.25) is 47.3 Å². The van der Waals surface area contributed by atoms with Crippen molar-refractivity contribution in [3.63, 3.8) is 0 Å². The van der Waals surface area contributed by atoms with Crippen LogP contribution in [0, 0.1) is 13.6 Å². The summed E-state index contributed by atoms with van der Waals surface area (Å²) in [6.45, 7) is 24.2. The first-order valence-electron chi connectivity index (χ1n) is 5.54. The molecule has 0 unspecified atom stereocenters. The molecule has 0 bridgehead atoms. The topological polar surface area (TPSA) is 0 Å². The van der Waals surface area contributed by atoms with Crippen LogP contribution in [0.5, 0.6) is 0 Å². The molecule has 0 N–H and O–H groups in total. The fourth-order valence-corrected chi connectivity index (χ4v) is 0.